The Hall–Kier alpha value is -7.54. The van der Waals surface area contributed by atoms with Crippen molar-refractivity contribution in [3.63, 3.8) is 0 Å². The predicted octanol–water partition coefficient (Wildman–Crippen LogP) is 21.9. The molecule has 0 radical (unpaired) electrons. The molecule has 0 aliphatic rings. The van der Waals surface area contributed by atoms with Gasteiger partial charge in [0.2, 0.25) is 0 Å². The minimum Gasteiger partial charge on any atom is -0.508 e. The normalized spacial score (nSPS) is 11.9. The molecule has 0 saturated heterocycles. The van der Waals surface area contributed by atoms with E-state index in [9.17, 15) is 89.2 Å². The Morgan fingerprint density at radius 1 is 0.295 bits per heavy atom. The number of methoxy groups -OCH3 is 2. The van der Waals surface area contributed by atoms with E-state index in [0.717, 1.165) is 47.5 Å². The van der Waals surface area contributed by atoms with Crippen LogP contribution in [0.1, 0.15) is 163 Å². The number of halogens is 18. The second kappa shape index (κ2) is 33.7. The Kier molecular flexibility index (Phi) is 30.1. The molecule has 6 rings (SSSR count). The number of alkyl halides is 18. The highest BCUT2D eigenvalue weighted by molar-refractivity contribution is 5.44. The zero-order valence-electron chi connectivity index (χ0n) is 50.2. The number of benzene rings is 6. The third kappa shape index (κ3) is 30.4. The summed E-state index contributed by atoms with van der Waals surface area (Å²) in [5.74, 6) is 0.413. The van der Waals surface area contributed by atoms with Crippen LogP contribution in [-0.4, -0.2) is 49.9 Å². The topological polar surface area (TPSA) is 95.8 Å². The van der Waals surface area contributed by atoms with Gasteiger partial charge in [0, 0.05) is 11.1 Å². The van der Waals surface area contributed by atoms with E-state index < -0.39 is 48.9 Å². The van der Waals surface area contributed by atoms with Gasteiger partial charge in [-0.2, -0.15) is 26.3 Å². The van der Waals surface area contributed by atoms with Gasteiger partial charge in [-0.05, 0) is 155 Å². The average molecular weight is 1290 g/mol. The quantitative estimate of drug-likeness (QED) is 0.117. The van der Waals surface area contributed by atoms with Crippen molar-refractivity contribution in [2.24, 2.45) is 0 Å². The Morgan fingerprint density at radius 3 is 0.955 bits per heavy atom. The van der Waals surface area contributed by atoms with E-state index in [2.05, 4.69) is 18.9 Å². The molecule has 0 aromatic heterocycles. The lowest BCUT2D eigenvalue weighted by molar-refractivity contribution is -0.275. The minimum atomic E-state index is -4.70. The summed E-state index contributed by atoms with van der Waals surface area (Å²) >= 11 is 0. The van der Waals surface area contributed by atoms with Crippen LogP contribution in [0.25, 0.3) is 0 Å². The highest BCUT2D eigenvalue weighted by Gasteiger charge is 2.35. The van der Waals surface area contributed by atoms with E-state index in [1.54, 1.807) is 52.0 Å². The Bertz CT molecular complexity index is 3010. The molecular weight excluding hydrogens is 1210 g/mol. The molecule has 8 nitrogen and oxygen atoms in total. The smallest absolute Gasteiger partial charge is 0.508 e. The number of hydrogen-bond donors (Lipinski definition) is 2. The maximum absolute atomic E-state index is 12.4. The summed E-state index contributed by atoms with van der Waals surface area (Å²) in [6.07, 6.45) is -27.2. The summed E-state index contributed by atoms with van der Waals surface area (Å²) in [5.41, 5.74) is 2.46. The van der Waals surface area contributed by atoms with E-state index in [1.807, 2.05) is 55.4 Å². The number of hydrogen-bond acceptors (Lipinski definition) is 8. The van der Waals surface area contributed by atoms with Gasteiger partial charge in [-0.1, -0.05) is 107 Å². The largest absolute Gasteiger partial charge is 0.573 e. The van der Waals surface area contributed by atoms with E-state index in [0.29, 0.717) is 39.7 Å². The maximum atomic E-state index is 12.4. The molecule has 492 valence electrons. The number of aromatic hydroxyl groups is 2. The standard InChI is InChI=1S/C11H13F3O2.C11H13F3O.C10H11F3O2.3C10H11F3O/c1-7(2)9-6-8(16-11(12,13)14)4-5-10(9)15-3;1-7(2)9-6-8(11(12,13)14)4-5-10(9)15-3;1-6(2)8-5-7(3-4-9(8)14)15-10(11,12)13;1-7(2)8-3-5-9(6-4-8)14-10(11,12)13;1-6(2)8-5-7(10(11,12)13)3-4-9(8)14;1-7(2)8-4-3-5-9(6-8)14-10(11,12)13/h4-7H,1-3H3;4-7H,1-3H3;3-6,14H,1-2H3;3-7H,1-2H3;3-6,14H,1-2H3;3-7H,1-2H3. The van der Waals surface area contributed by atoms with Gasteiger partial charge in [0.25, 0.3) is 0 Å². The molecule has 88 heavy (non-hydrogen) atoms. The summed E-state index contributed by atoms with van der Waals surface area (Å²) in [6.45, 7) is 22.2. The number of rotatable bonds is 12. The van der Waals surface area contributed by atoms with Crippen LogP contribution in [0.3, 0.4) is 0 Å². The van der Waals surface area contributed by atoms with Gasteiger partial charge in [0.05, 0.1) is 25.3 Å². The van der Waals surface area contributed by atoms with E-state index in [-0.39, 0.29) is 64.1 Å². The Balaban J connectivity index is 0.000000528. The van der Waals surface area contributed by atoms with Crippen LogP contribution >= 0.6 is 0 Å². The van der Waals surface area contributed by atoms with Gasteiger partial charge < -0.3 is 38.6 Å². The maximum Gasteiger partial charge on any atom is 0.573 e. The summed E-state index contributed by atoms with van der Waals surface area (Å²) in [7, 11) is 2.93. The molecule has 0 spiro atoms. The first-order valence-electron chi connectivity index (χ1n) is 26.5. The van der Waals surface area contributed by atoms with Gasteiger partial charge in [0.15, 0.2) is 0 Å². The van der Waals surface area contributed by atoms with Crippen molar-refractivity contribution in [2.45, 2.75) is 156 Å². The van der Waals surface area contributed by atoms with Gasteiger partial charge in [-0.3, -0.25) is 0 Å². The average Bonchev–Trinajstić information content (AvgIpc) is 3.30. The van der Waals surface area contributed by atoms with Crippen LogP contribution in [0.4, 0.5) is 79.0 Å². The zero-order valence-corrected chi connectivity index (χ0v) is 50.2. The van der Waals surface area contributed by atoms with Gasteiger partial charge >= 0.3 is 37.8 Å². The molecule has 0 fully saturated rings. The van der Waals surface area contributed by atoms with Crippen molar-refractivity contribution in [2.75, 3.05) is 14.2 Å². The Morgan fingerprint density at radius 2 is 0.591 bits per heavy atom. The third-order valence-corrected chi connectivity index (χ3v) is 11.6. The highest BCUT2D eigenvalue weighted by Crippen LogP contribution is 2.38. The first kappa shape index (κ1) is 78.5. The molecular formula is C62H70F18O8. The number of ether oxygens (including phenoxy) is 6. The van der Waals surface area contributed by atoms with Crippen LogP contribution in [0.15, 0.2) is 121 Å². The van der Waals surface area contributed by atoms with Gasteiger partial charge in [0.1, 0.15) is 46.0 Å². The lowest BCUT2D eigenvalue weighted by atomic mass is 9.99. The molecule has 2 N–H and O–H groups in total. The fourth-order valence-corrected chi connectivity index (χ4v) is 7.23. The monoisotopic (exact) mass is 1280 g/mol. The van der Waals surface area contributed by atoms with Gasteiger partial charge in [-0.25, -0.2) is 0 Å². The fraction of sp³-hybridized carbons (Fsp3) is 0.419. The summed E-state index contributed by atoms with van der Waals surface area (Å²) in [4.78, 5) is 0. The van der Waals surface area contributed by atoms with Crippen LogP contribution < -0.4 is 28.4 Å². The van der Waals surface area contributed by atoms with Crippen molar-refractivity contribution < 1.29 is 118 Å². The van der Waals surface area contributed by atoms with E-state index in [1.165, 1.54) is 74.9 Å². The van der Waals surface area contributed by atoms with Crippen molar-refractivity contribution in [3.8, 4) is 46.0 Å². The highest BCUT2D eigenvalue weighted by atomic mass is 19.4. The third-order valence-electron chi connectivity index (χ3n) is 11.6. The summed E-state index contributed by atoms with van der Waals surface area (Å²) < 4.78 is 242. The second-order valence-electron chi connectivity index (χ2n) is 20.6. The number of phenols is 2. The minimum absolute atomic E-state index is 0.00208. The zero-order chi connectivity index (χ0) is 68.1. The van der Waals surface area contributed by atoms with E-state index in [4.69, 9.17) is 9.47 Å². The van der Waals surface area contributed by atoms with Crippen molar-refractivity contribution in [3.05, 3.63) is 166 Å². The molecule has 0 aliphatic heterocycles. The molecule has 26 heteroatoms. The summed E-state index contributed by atoms with van der Waals surface area (Å²) in [5, 5.41) is 18.7. The molecule has 0 amide bonds. The van der Waals surface area contributed by atoms with Crippen LogP contribution in [-0.2, 0) is 12.4 Å². The second-order valence-corrected chi connectivity index (χ2v) is 20.6. The summed E-state index contributed by atoms with van der Waals surface area (Å²) in [6, 6.07) is 25.9. The predicted molar refractivity (Wildman–Crippen MR) is 296 cm³/mol. The molecule has 0 bridgehead atoms. The molecule has 6 aromatic rings. The van der Waals surface area contributed by atoms with Crippen molar-refractivity contribution in [1.82, 2.24) is 0 Å². The molecule has 6 aromatic carbocycles. The van der Waals surface area contributed by atoms with Crippen molar-refractivity contribution >= 4 is 0 Å². The molecule has 0 heterocycles. The lowest BCUT2D eigenvalue weighted by Gasteiger charge is -2.14. The van der Waals surface area contributed by atoms with Crippen LogP contribution in [0, 0.1) is 0 Å². The first-order valence-corrected chi connectivity index (χ1v) is 26.5. The molecule has 0 atom stereocenters. The SMILES string of the molecule is CC(C)c1cc(C(F)(F)F)ccc1O.CC(C)c1cc(OC(F)(F)F)ccc1O.CC(C)c1ccc(OC(F)(F)F)cc1.CC(C)c1cccc(OC(F)(F)F)c1.COc1ccc(C(F)(F)F)cc1C(C)C.COc1ccc(OC(F)(F)F)cc1C(C)C. The van der Waals surface area contributed by atoms with Gasteiger partial charge in [-0.15, -0.1) is 52.7 Å². The fourth-order valence-electron chi connectivity index (χ4n) is 7.23. The molecule has 0 aliphatic carbocycles. The number of phenolic OH excluding ortho intramolecular Hbond substituents is 2. The molecule has 0 saturated carbocycles. The van der Waals surface area contributed by atoms with E-state index >= 15 is 0 Å². The molecule has 0 unspecified atom stereocenters. The Labute approximate surface area is 498 Å². The lowest BCUT2D eigenvalue weighted by Crippen LogP contribution is -2.17. The van der Waals surface area contributed by atoms with Crippen molar-refractivity contribution in [1.29, 1.82) is 0 Å². The van der Waals surface area contributed by atoms with Crippen LogP contribution in [0.2, 0.25) is 0 Å². The first-order chi connectivity index (χ1) is 40.1. The van der Waals surface area contributed by atoms with Crippen LogP contribution in [0.5, 0.6) is 46.0 Å².